The highest BCUT2D eigenvalue weighted by atomic mass is 16.5. The molecule has 0 saturated carbocycles. The monoisotopic (exact) mass is 172 g/mol. The van der Waals surface area contributed by atoms with Gasteiger partial charge in [0, 0.05) is 13.0 Å². The van der Waals surface area contributed by atoms with Gasteiger partial charge in [-0.05, 0) is 26.2 Å². The maximum Gasteiger partial charge on any atom is 0.0905 e. The van der Waals surface area contributed by atoms with Crippen molar-refractivity contribution in [2.45, 2.75) is 45.6 Å². The number of nitrogens with one attached hydrogen (secondary N) is 1. The van der Waals surface area contributed by atoms with E-state index in [1.165, 1.54) is 0 Å². The normalized spacial score (nSPS) is 12.8. The van der Waals surface area contributed by atoms with Crippen LogP contribution < -0.4 is 5.73 Å². The van der Waals surface area contributed by atoms with Crippen molar-refractivity contribution in [3.63, 3.8) is 0 Å². The number of ether oxygens (including phenoxy) is 1. The molecule has 3 nitrogen and oxygen atoms in total. The molecule has 0 fully saturated rings. The lowest BCUT2D eigenvalue weighted by atomic mass is 10.2. The molecule has 0 radical (unpaired) electrons. The molecular weight excluding hydrogens is 152 g/mol. The average Bonchev–Trinajstić information content (AvgIpc) is 2.03. The lowest BCUT2D eigenvalue weighted by Gasteiger charge is -2.09. The fraction of sp³-hybridized carbons (Fsp3) is 0.889. The van der Waals surface area contributed by atoms with E-state index in [9.17, 15) is 0 Å². The van der Waals surface area contributed by atoms with Gasteiger partial charge >= 0.3 is 0 Å². The number of unbranched alkanes of at least 4 members (excludes halogenated alkanes) is 1. The molecule has 1 atom stereocenters. The molecule has 0 heterocycles. The van der Waals surface area contributed by atoms with Crippen LogP contribution in [0.4, 0.5) is 0 Å². The van der Waals surface area contributed by atoms with Crippen molar-refractivity contribution in [2.75, 3.05) is 6.61 Å². The van der Waals surface area contributed by atoms with Gasteiger partial charge < -0.3 is 10.5 Å². The summed E-state index contributed by atoms with van der Waals surface area (Å²) in [5.74, 6) is 0.276. The lowest BCUT2D eigenvalue weighted by Crippen LogP contribution is -2.10. The van der Waals surface area contributed by atoms with Gasteiger partial charge in [-0.2, -0.15) is 0 Å². The predicted molar refractivity (Wildman–Crippen MR) is 51.5 cm³/mol. The fourth-order valence-electron chi connectivity index (χ4n) is 0.820. The summed E-state index contributed by atoms with van der Waals surface area (Å²) in [6, 6.07) is 0. The van der Waals surface area contributed by atoms with E-state index in [2.05, 4.69) is 13.8 Å². The van der Waals surface area contributed by atoms with E-state index < -0.39 is 0 Å². The smallest absolute Gasteiger partial charge is 0.0905 e. The molecule has 0 aromatic heterocycles. The molecule has 72 valence electrons. The highest BCUT2D eigenvalue weighted by Crippen LogP contribution is 2.00. The first-order valence-corrected chi connectivity index (χ1v) is 4.61. The second-order valence-corrected chi connectivity index (χ2v) is 3.07. The Balaban J connectivity index is 3.05. The van der Waals surface area contributed by atoms with Crippen LogP contribution in [0.2, 0.25) is 0 Å². The summed E-state index contributed by atoms with van der Waals surface area (Å²) in [6.07, 6.45) is 4.09. The Labute approximate surface area is 74.8 Å². The Bertz CT molecular complexity index is 126. The zero-order chi connectivity index (χ0) is 9.40. The van der Waals surface area contributed by atoms with Crippen LogP contribution in [0.5, 0.6) is 0 Å². The van der Waals surface area contributed by atoms with Crippen LogP contribution in [0.3, 0.4) is 0 Å². The molecule has 0 aromatic carbocycles. The molecule has 0 bridgehead atoms. The van der Waals surface area contributed by atoms with Crippen LogP contribution in [-0.2, 0) is 4.74 Å². The minimum atomic E-state index is 0.276. The topological polar surface area (TPSA) is 59.1 Å². The summed E-state index contributed by atoms with van der Waals surface area (Å²) < 4.78 is 5.46. The second kappa shape index (κ2) is 7.10. The summed E-state index contributed by atoms with van der Waals surface area (Å²) >= 11 is 0. The minimum Gasteiger partial charge on any atom is -0.388 e. The zero-order valence-corrected chi connectivity index (χ0v) is 8.10. The molecule has 3 heteroatoms. The number of amidine groups is 1. The van der Waals surface area contributed by atoms with Crippen molar-refractivity contribution in [2.24, 2.45) is 5.73 Å². The molecule has 0 rings (SSSR count). The first-order chi connectivity index (χ1) is 5.66. The molecular formula is C9H20N2O. The van der Waals surface area contributed by atoms with Gasteiger partial charge in [-0.15, -0.1) is 0 Å². The number of hydrogen-bond acceptors (Lipinski definition) is 2. The van der Waals surface area contributed by atoms with Gasteiger partial charge in [-0.25, -0.2) is 0 Å². The van der Waals surface area contributed by atoms with Gasteiger partial charge in [0.25, 0.3) is 0 Å². The quantitative estimate of drug-likeness (QED) is 0.350. The molecule has 0 aliphatic heterocycles. The third-order valence-electron chi connectivity index (χ3n) is 1.82. The SMILES string of the molecule is CCC(C)OCCCCC(=N)N. The molecule has 0 spiro atoms. The zero-order valence-electron chi connectivity index (χ0n) is 8.10. The van der Waals surface area contributed by atoms with E-state index in [0.29, 0.717) is 12.5 Å². The highest BCUT2D eigenvalue weighted by molar-refractivity contribution is 5.76. The van der Waals surface area contributed by atoms with Gasteiger partial charge in [0.05, 0.1) is 11.9 Å². The van der Waals surface area contributed by atoms with Gasteiger partial charge in [-0.3, -0.25) is 5.41 Å². The number of nitrogens with two attached hydrogens (primary N) is 1. The fourth-order valence-corrected chi connectivity index (χ4v) is 0.820. The molecule has 0 aliphatic carbocycles. The Morgan fingerprint density at radius 3 is 2.67 bits per heavy atom. The van der Waals surface area contributed by atoms with Crippen LogP contribution >= 0.6 is 0 Å². The van der Waals surface area contributed by atoms with E-state index >= 15 is 0 Å². The summed E-state index contributed by atoms with van der Waals surface area (Å²) in [5.41, 5.74) is 5.20. The van der Waals surface area contributed by atoms with E-state index in [-0.39, 0.29) is 5.84 Å². The third-order valence-corrected chi connectivity index (χ3v) is 1.82. The lowest BCUT2D eigenvalue weighted by molar-refractivity contribution is 0.0613. The van der Waals surface area contributed by atoms with E-state index in [1.54, 1.807) is 0 Å². The van der Waals surface area contributed by atoms with Crippen molar-refractivity contribution < 1.29 is 4.74 Å². The first-order valence-electron chi connectivity index (χ1n) is 4.61. The Hall–Kier alpha value is -0.570. The minimum absolute atomic E-state index is 0.276. The van der Waals surface area contributed by atoms with Crippen molar-refractivity contribution in [3.8, 4) is 0 Å². The van der Waals surface area contributed by atoms with E-state index in [0.717, 1.165) is 25.9 Å². The molecule has 0 saturated heterocycles. The number of hydrogen-bond donors (Lipinski definition) is 2. The van der Waals surface area contributed by atoms with Crippen LogP contribution in [0.1, 0.15) is 39.5 Å². The van der Waals surface area contributed by atoms with Crippen molar-refractivity contribution >= 4 is 5.84 Å². The maximum absolute atomic E-state index is 6.99. The largest absolute Gasteiger partial charge is 0.388 e. The Kier molecular flexibility index (Phi) is 6.76. The van der Waals surface area contributed by atoms with Crippen LogP contribution in [0.25, 0.3) is 0 Å². The molecule has 1 unspecified atom stereocenters. The van der Waals surface area contributed by atoms with Gasteiger partial charge in [0.15, 0.2) is 0 Å². The van der Waals surface area contributed by atoms with Crippen LogP contribution in [0.15, 0.2) is 0 Å². The van der Waals surface area contributed by atoms with E-state index in [4.69, 9.17) is 15.9 Å². The molecule has 0 amide bonds. The molecule has 0 aliphatic rings. The Morgan fingerprint density at radius 2 is 2.17 bits per heavy atom. The number of rotatable bonds is 7. The molecule has 12 heavy (non-hydrogen) atoms. The third kappa shape index (κ3) is 7.54. The average molecular weight is 172 g/mol. The van der Waals surface area contributed by atoms with Crippen molar-refractivity contribution in [1.82, 2.24) is 0 Å². The summed E-state index contributed by atoms with van der Waals surface area (Å²) in [6.45, 7) is 4.98. The summed E-state index contributed by atoms with van der Waals surface area (Å²) in [5, 5.41) is 6.99. The molecule has 0 aromatic rings. The Morgan fingerprint density at radius 1 is 1.50 bits per heavy atom. The van der Waals surface area contributed by atoms with Gasteiger partial charge in [-0.1, -0.05) is 6.92 Å². The first kappa shape index (κ1) is 11.4. The van der Waals surface area contributed by atoms with Gasteiger partial charge in [0.1, 0.15) is 0 Å². The van der Waals surface area contributed by atoms with E-state index in [1.807, 2.05) is 0 Å². The van der Waals surface area contributed by atoms with Crippen molar-refractivity contribution in [3.05, 3.63) is 0 Å². The predicted octanol–water partition coefficient (Wildman–Crippen LogP) is 1.91. The summed E-state index contributed by atoms with van der Waals surface area (Å²) in [4.78, 5) is 0. The second-order valence-electron chi connectivity index (χ2n) is 3.07. The van der Waals surface area contributed by atoms with Crippen LogP contribution in [-0.4, -0.2) is 18.5 Å². The summed E-state index contributed by atoms with van der Waals surface area (Å²) in [7, 11) is 0. The van der Waals surface area contributed by atoms with Gasteiger partial charge in [0.2, 0.25) is 0 Å². The maximum atomic E-state index is 6.99. The van der Waals surface area contributed by atoms with Crippen molar-refractivity contribution in [1.29, 1.82) is 5.41 Å². The standard InChI is InChI=1S/C9H20N2O/c1-3-8(2)12-7-5-4-6-9(10)11/h8H,3-7H2,1-2H3,(H3,10,11). The molecule has 3 N–H and O–H groups in total. The van der Waals surface area contributed by atoms with Crippen LogP contribution in [0, 0.1) is 5.41 Å². The highest BCUT2D eigenvalue weighted by Gasteiger charge is 1.97.